The van der Waals surface area contributed by atoms with Crippen LogP contribution in [0.1, 0.15) is 25.3 Å². The molecule has 2 aliphatic heterocycles. The Labute approximate surface area is 142 Å². The molecule has 6 nitrogen and oxygen atoms in total. The van der Waals surface area contributed by atoms with E-state index in [4.69, 9.17) is 4.74 Å². The van der Waals surface area contributed by atoms with Crippen LogP contribution >= 0.6 is 0 Å². The average molecular weight is 331 g/mol. The van der Waals surface area contributed by atoms with Gasteiger partial charge in [-0.05, 0) is 37.0 Å². The first kappa shape index (κ1) is 16.9. The molecule has 3 heterocycles. The number of carbonyl (C=O) groups excluding carboxylic acids is 2. The third kappa shape index (κ3) is 4.12. The Kier molecular flexibility index (Phi) is 5.45. The van der Waals surface area contributed by atoms with Crippen LogP contribution in [0.4, 0.5) is 0 Å². The largest absolute Gasteiger partial charge is 0.379 e. The molecule has 1 N–H and O–H groups in total. The van der Waals surface area contributed by atoms with Crippen LogP contribution in [0.2, 0.25) is 0 Å². The normalized spacial score (nSPS) is 24.8. The molecule has 0 unspecified atom stereocenters. The predicted molar refractivity (Wildman–Crippen MR) is 89.2 cm³/mol. The van der Waals surface area contributed by atoms with Gasteiger partial charge in [0.2, 0.25) is 11.8 Å². The molecule has 2 saturated heterocycles. The second kappa shape index (κ2) is 7.75. The number of piperidine rings is 1. The number of carbonyl (C=O) groups is 2. The highest BCUT2D eigenvalue weighted by Crippen LogP contribution is 2.22. The molecular weight excluding hydrogens is 306 g/mol. The molecule has 2 amide bonds. The molecule has 1 aromatic rings. The fourth-order valence-corrected chi connectivity index (χ4v) is 3.54. The predicted octanol–water partition coefficient (Wildman–Crippen LogP) is 1.01. The highest BCUT2D eigenvalue weighted by atomic mass is 16.5. The molecule has 0 spiro atoms. The van der Waals surface area contributed by atoms with E-state index in [0.29, 0.717) is 32.2 Å². The molecule has 6 heteroatoms. The summed E-state index contributed by atoms with van der Waals surface area (Å²) < 4.78 is 5.60. The smallest absolute Gasteiger partial charge is 0.223 e. The SMILES string of the molecule is CC(=O)N1CCC(C(=O)N[C@H]2COC[C@H]2Cc2ccncc2)CC1. The van der Waals surface area contributed by atoms with E-state index in [1.165, 1.54) is 5.56 Å². The molecule has 2 aliphatic rings. The zero-order valence-electron chi connectivity index (χ0n) is 14.1. The first-order valence-corrected chi connectivity index (χ1v) is 8.66. The van der Waals surface area contributed by atoms with E-state index in [0.717, 1.165) is 19.3 Å². The summed E-state index contributed by atoms with van der Waals surface area (Å²) in [5.74, 6) is 0.500. The fourth-order valence-electron chi connectivity index (χ4n) is 3.54. The van der Waals surface area contributed by atoms with Crippen LogP contribution in [0.15, 0.2) is 24.5 Å². The van der Waals surface area contributed by atoms with Gasteiger partial charge >= 0.3 is 0 Å². The molecule has 130 valence electrons. The van der Waals surface area contributed by atoms with Gasteiger partial charge in [-0.25, -0.2) is 0 Å². The number of amides is 2. The molecule has 24 heavy (non-hydrogen) atoms. The Morgan fingerprint density at radius 3 is 2.62 bits per heavy atom. The summed E-state index contributed by atoms with van der Waals surface area (Å²) >= 11 is 0. The molecule has 0 aliphatic carbocycles. The number of rotatable bonds is 4. The van der Waals surface area contributed by atoms with Crippen molar-refractivity contribution in [2.75, 3.05) is 26.3 Å². The standard InChI is InChI=1S/C18H25N3O3/c1-13(22)21-8-4-15(5-9-21)18(23)20-17-12-24-11-16(17)10-14-2-6-19-7-3-14/h2-3,6-7,15-17H,4-5,8-12H2,1H3,(H,20,23)/t16-,17+/m1/s1. The summed E-state index contributed by atoms with van der Waals surface area (Å²) in [7, 11) is 0. The summed E-state index contributed by atoms with van der Waals surface area (Å²) in [5.41, 5.74) is 1.22. The molecular formula is C18H25N3O3. The number of aromatic nitrogens is 1. The Morgan fingerprint density at radius 1 is 1.25 bits per heavy atom. The number of nitrogens with zero attached hydrogens (tertiary/aromatic N) is 2. The Bertz CT molecular complexity index is 570. The highest BCUT2D eigenvalue weighted by Gasteiger charge is 2.33. The van der Waals surface area contributed by atoms with Gasteiger partial charge in [0.05, 0.1) is 19.3 Å². The highest BCUT2D eigenvalue weighted by molar-refractivity contribution is 5.80. The van der Waals surface area contributed by atoms with Crippen molar-refractivity contribution in [3.05, 3.63) is 30.1 Å². The summed E-state index contributed by atoms with van der Waals surface area (Å²) in [4.78, 5) is 29.8. The molecule has 2 fully saturated rings. The van der Waals surface area contributed by atoms with Crippen molar-refractivity contribution in [1.29, 1.82) is 0 Å². The van der Waals surface area contributed by atoms with Gasteiger partial charge < -0.3 is 15.0 Å². The van der Waals surface area contributed by atoms with Gasteiger partial charge in [-0.15, -0.1) is 0 Å². The number of hydrogen-bond acceptors (Lipinski definition) is 4. The molecule has 0 radical (unpaired) electrons. The van der Waals surface area contributed by atoms with E-state index in [1.54, 1.807) is 19.3 Å². The van der Waals surface area contributed by atoms with Crippen LogP contribution in [0, 0.1) is 11.8 Å². The monoisotopic (exact) mass is 331 g/mol. The van der Waals surface area contributed by atoms with Crippen molar-refractivity contribution < 1.29 is 14.3 Å². The van der Waals surface area contributed by atoms with Crippen LogP contribution in [0.3, 0.4) is 0 Å². The second-order valence-electron chi connectivity index (χ2n) is 6.75. The third-order valence-electron chi connectivity index (χ3n) is 5.08. The fraction of sp³-hybridized carbons (Fsp3) is 0.611. The van der Waals surface area contributed by atoms with Gasteiger partial charge in [0.25, 0.3) is 0 Å². The zero-order chi connectivity index (χ0) is 16.9. The van der Waals surface area contributed by atoms with Gasteiger partial charge in [0.1, 0.15) is 0 Å². The van der Waals surface area contributed by atoms with Crippen LogP contribution in [0.25, 0.3) is 0 Å². The average Bonchev–Trinajstić information content (AvgIpc) is 3.02. The maximum absolute atomic E-state index is 12.5. The molecule has 0 saturated carbocycles. The summed E-state index contributed by atoms with van der Waals surface area (Å²) in [6.45, 7) is 4.19. The third-order valence-corrected chi connectivity index (χ3v) is 5.08. The first-order valence-electron chi connectivity index (χ1n) is 8.66. The van der Waals surface area contributed by atoms with Crippen molar-refractivity contribution in [2.45, 2.75) is 32.2 Å². The second-order valence-corrected chi connectivity index (χ2v) is 6.75. The Hall–Kier alpha value is -1.95. The van der Waals surface area contributed by atoms with Crippen molar-refractivity contribution in [3.63, 3.8) is 0 Å². The lowest BCUT2D eigenvalue weighted by Crippen LogP contribution is -2.47. The van der Waals surface area contributed by atoms with Gasteiger partial charge in [0, 0.05) is 44.2 Å². The van der Waals surface area contributed by atoms with E-state index in [9.17, 15) is 9.59 Å². The van der Waals surface area contributed by atoms with E-state index >= 15 is 0 Å². The zero-order valence-corrected chi connectivity index (χ0v) is 14.1. The van der Waals surface area contributed by atoms with Gasteiger partial charge in [-0.3, -0.25) is 14.6 Å². The molecule has 0 aromatic carbocycles. The minimum absolute atomic E-state index is 0.00257. The lowest BCUT2D eigenvalue weighted by atomic mass is 9.92. The molecule has 1 aromatic heterocycles. The van der Waals surface area contributed by atoms with Crippen LogP contribution in [-0.2, 0) is 20.7 Å². The lowest BCUT2D eigenvalue weighted by Gasteiger charge is -2.31. The summed E-state index contributed by atoms with van der Waals surface area (Å²) in [6, 6.07) is 4.08. The summed E-state index contributed by atoms with van der Waals surface area (Å²) in [6.07, 6.45) is 5.96. The number of ether oxygens (including phenoxy) is 1. The van der Waals surface area contributed by atoms with Crippen molar-refractivity contribution in [3.8, 4) is 0 Å². The molecule has 3 rings (SSSR count). The van der Waals surface area contributed by atoms with Gasteiger partial charge in [-0.2, -0.15) is 0 Å². The Morgan fingerprint density at radius 2 is 1.96 bits per heavy atom. The van der Waals surface area contributed by atoms with E-state index in [-0.39, 0.29) is 23.8 Å². The van der Waals surface area contributed by atoms with Crippen molar-refractivity contribution in [1.82, 2.24) is 15.2 Å². The minimum Gasteiger partial charge on any atom is -0.379 e. The maximum Gasteiger partial charge on any atom is 0.223 e. The lowest BCUT2D eigenvalue weighted by molar-refractivity contribution is -0.134. The summed E-state index contributed by atoms with van der Waals surface area (Å²) in [5, 5.41) is 3.18. The first-order chi connectivity index (χ1) is 11.6. The number of likely N-dealkylation sites (tertiary alicyclic amines) is 1. The van der Waals surface area contributed by atoms with Gasteiger partial charge in [-0.1, -0.05) is 0 Å². The van der Waals surface area contributed by atoms with E-state index < -0.39 is 0 Å². The number of nitrogens with one attached hydrogen (secondary N) is 1. The van der Waals surface area contributed by atoms with Crippen molar-refractivity contribution >= 4 is 11.8 Å². The van der Waals surface area contributed by atoms with Crippen molar-refractivity contribution in [2.24, 2.45) is 11.8 Å². The molecule has 2 atom stereocenters. The van der Waals surface area contributed by atoms with E-state index in [1.807, 2.05) is 17.0 Å². The maximum atomic E-state index is 12.5. The number of hydrogen-bond donors (Lipinski definition) is 1. The topological polar surface area (TPSA) is 71.5 Å². The quantitative estimate of drug-likeness (QED) is 0.894. The molecule has 0 bridgehead atoms. The van der Waals surface area contributed by atoms with Crippen LogP contribution < -0.4 is 5.32 Å². The van der Waals surface area contributed by atoms with Crippen LogP contribution in [-0.4, -0.2) is 54.0 Å². The van der Waals surface area contributed by atoms with E-state index in [2.05, 4.69) is 10.3 Å². The minimum atomic E-state index is 0.00257. The number of pyridine rings is 1. The Balaban J connectivity index is 1.51. The van der Waals surface area contributed by atoms with Gasteiger partial charge in [0.15, 0.2) is 0 Å². The van der Waals surface area contributed by atoms with Crippen LogP contribution in [0.5, 0.6) is 0 Å².